The van der Waals surface area contributed by atoms with Crippen molar-refractivity contribution in [3.63, 3.8) is 0 Å². The van der Waals surface area contributed by atoms with Crippen molar-refractivity contribution < 1.29 is 13.9 Å². The van der Waals surface area contributed by atoms with Crippen molar-refractivity contribution >= 4 is 16.9 Å². The molecule has 8 heteroatoms. The van der Waals surface area contributed by atoms with Crippen molar-refractivity contribution in [2.24, 2.45) is 0 Å². The van der Waals surface area contributed by atoms with E-state index in [1.54, 1.807) is 19.6 Å². The fourth-order valence-electron chi connectivity index (χ4n) is 4.39. The van der Waals surface area contributed by atoms with Gasteiger partial charge in [-0.2, -0.15) is 5.10 Å². The number of nitrogens with zero attached hydrogens (tertiary/aromatic N) is 5. The first-order chi connectivity index (χ1) is 16.5. The van der Waals surface area contributed by atoms with Crippen LogP contribution in [-0.2, 0) is 6.54 Å². The van der Waals surface area contributed by atoms with E-state index >= 15 is 0 Å². The Morgan fingerprint density at radius 1 is 1.12 bits per heavy atom. The molecule has 176 valence electrons. The SMILES string of the molecule is COc1ccc(CN2CCN(C(=O)c3cc(-c4ccco4)nc4c3cnn4C(C)C)CC2)cc1. The molecule has 5 rings (SSSR count). The Kier molecular flexibility index (Phi) is 6.06. The third kappa shape index (κ3) is 4.28. The van der Waals surface area contributed by atoms with Gasteiger partial charge in [-0.15, -0.1) is 0 Å². The topological polar surface area (TPSA) is 76.6 Å². The summed E-state index contributed by atoms with van der Waals surface area (Å²) >= 11 is 0. The normalized spacial score (nSPS) is 14.8. The van der Waals surface area contributed by atoms with E-state index in [0.29, 0.717) is 35.8 Å². The average Bonchev–Trinajstić information content (AvgIpc) is 3.54. The molecular formula is C26H29N5O3. The smallest absolute Gasteiger partial charge is 0.254 e. The number of amides is 1. The monoisotopic (exact) mass is 459 g/mol. The maximum absolute atomic E-state index is 13.6. The van der Waals surface area contributed by atoms with Gasteiger partial charge in [0, 0.05) is 38.8 Å². The van der Waals surface area contributed by atoms with E-state index in [2.05, 4.69) is 36.0 Å². The maximum Gasteiger partial charge on any atom is 0.254 e. The van der Waals surface area contributed by atoms with Crippen LogP contribution < -0.4 is 4.74 Å². The number of carbonyl (C=O) groups excluding carboxylic acids is 1. The van der Waals surface area contributed by atoms with Gasteiger partial charge in [-0.05, 0) is 49.7 Å². The van der Waals surface area contributed by atoms with Gasteiger partial charge in [-0.3, -0.25) is 9.69 Å². The second-order valence-corrected chi connectivity index (χ2v) is 8.87. The van der Waals surface area contributed by atoms with E-state index in [1.807, 2.05) is 39.9 Å². The molecule has 0 N–H and O–H groups in total. The van der Waals surface area contributed by atoms with Crippen LogP contribution in [0.4, 0.5) is 0 Å². The highest BCUT2D eigenvalue weighted by Crippen LogP contribution is 2.28. The number of ether oxygens (including phenoxy) is 1. The van der Waals surface area contributed by atoms with Crippen LogP contribution in [0.3, 0.4) is 0 Å². The molecule has 1 fully saturated rings. The summed E-state index contributed by atoms with van der Waals surface area (Å²) in [7, 11) is 1.67. The lowest BCUT2D eigenvalue weighted by molar-refractivity contribution is 0.0630. The van der Waals surface area contributed by atoms with Crippen LogP contribution in [0.15, 0.2) is 59.3 Å². The number of furan rings is 1. The van der Waals surface area contributed by atoms with Gasteiger partial charge in [0.05, 0.1) is 30.5 Å². The van der Waals surface area contributed by atoms with Gasteiger partial charge in [0.2, 0.25) is 0 Å². The predicted molar refractivity (Wildman–Crippen MR) is 130 cm³/mol. The van der Waals surface area contributed by atoms with E-state index < -0.39 is 0 Å². The maximum atomic E-state index is 13.6. The Balaban J connectivity index is 1.36. The van der Waals surface area contributed by atoms with Crippen LogP contribution >= 0.6 is 0 Å². The molecule has 0 atom stereocenters. The second-order valence-electron chi connectivity index (χ2n) is 8.87. The lowest BCUT2D eigenvalue weighted by atomic mass is 10.1. The second kappa shape index (κ2) is 9.30. The molecule has 3 aromatic heterocycles. The van der Waals surface area contributed by atoms with Crippen molar-refractivity contribution in [1.82, 2.24) is 24.6 Å². The van der Waals surface area contributed by atoms with Gasteiger partial charge in [0.15, 0.2) is 11.4 Å². The molecule has 8 nitrogen and oxygen atoms in total. The van der Waals surface area contributed by atoms with E-state index in [-0.39, 0.29) is 11.9 Å². The zero-order chi connectivity index (χ0) is 23.7. The Morgan fingerprint density at radius 2 is 1.88 bits per heavy atom. The van der Waals surface area contributed by atoms with E-state index in [9.17, 15) is 4.79 Å². The first kappa shape index (κ1) is 22.2. The molecule has 1 saturated heterocycles. The molecular weight excluding hydrogens is 430 g/mol. The van der Waals surface area contributed by atoms with Crippen LogP contribution in [-0.4, -0.2) is 63.8 Å². The standard InChI is InChI=1S/C26H29N5O3/c1-18(2)31-25-22(16-27-31)21(15-23(28-25)24-5-4-14-34-24)26(32)30-12-10-29(11-13-30)17-19-6-8-20(33-3)9-7-19/h4-9,14-16,18H,10-13,17H2,1-3H3. The van der Waals surface area contributed by atoms with E-state index in [4.69, 9.17) is 14.1 Å². The first-order valence-electron chi connectivity index (χ1n) is 11.6. The summed E-state index contributed by atoms with van der Waals surface area (Å²) in [6, 6.07) is 13.8. The highest BCUT2D eigenvalue weighted by Gasteiger charge is 2.26. The lowest BCUT2D eigenvalue weighted by Gasteiger charge is -2.35. The molecule has 1 aromatic carbocycles. The number of carbonyl (C=O) groups is 1. The van der Waals surface area contributed by atoms with E-state index in [0.717, 1.165) is 30.8 Å². The Hall–Kier alpha value is -3.65. The van der Waals surface area contributed by atoms with Gasteiger partial charge < -0.3 is 14.1 Å². The summed E-state index contributed by atoms with van der Waals surface area (Å²) < 4.78 is 12.7. The highest BCUT2D eigenvalue weighted by atomic mass is 16.5. The summed E-state index contributed by atoms with van der Waals surface area (Å²) in [5.41, 5.74) is 3.19. The summed E-state index contributed by atoms with van der Waals surface area (Å²) in [6.45, 7) is 7.95. The Bertz CT molecular complexity index is 1270. The van der Waals surface area contributed by atoms with Gasteiger partial charge in [0.1, 0.15) is 11.4 Å². The Labute approximate surface area is 198 Å². The van der Waals surface area contributed by atoms with Crippen LogP contribution in [0.2, 0.25) is 0 Å². The summed E-state index contributed by atoms with van der Waals surface area (Å²) in [4.78, 5) is 22.7. The quantitative estimate of drug-likeness (QED) is 0.429. The fourth-order valence-corrected chi connectivity index (χ4v) is 4.39. The molecule has 0 radical (unpaired) electrons. The number of hydrogen-bond donors (Lipinski definition) is 0. The van der Waals surface area contributed by atoms with Crippen molar-refractivity contribution in [2.45, 2.75) is 26.4 Å². The molecule has 4 aromatic rings. The number of hydrogen-bond acceptors (Lipinski definition) is 6. The molecule has 34 heavy (non-hydrogen) atoms. The van der Waals surface area contributed by atoms with Crippen LogP contribution in [0.1, 0.15) is 35.8 Å². The molecule has 0 aliphatic carbocycles. The zero-order valence-electron chi connectivity index (χ0n) is 19.8. The number of piperazine rings is 1. The minimum absolute atomic E-state index is 0.00705. The van der Waals surface area contributed by atoms with Crippen LogP contribution in [0.25, 0.3) is 22.5 Å². The molecule has 1 aliphatic rings. The molecule has 1 aliphatic heterocycles. The highest BCUT2D eigenvalue weighted by molar-refractivity contribution is 6.06. The Morgan fingerprint density at radius 3 is 2.53 bits per heavy atom. The fraction of sp³-hybridized carbons (Fsp3) is 0.346. The van der Waals surface area contributed by atoms with Gasteiger partial charge in [-0.25, -0.2) is 9.67 Å². The predicted octanol–water partition coefficient (Wildman–Crippen LogP) is 4.24. The van der Waals surface area contributed by atoms with Crippen molar-refractivity contribution in [1.29, 1.82) is 0 Å². The average molecular weight is 460 g/mol. The molecule has 0 spiro atoms. The van der Waals surface area contributed by atoms with Crippen molar-refractivity contribution in [3.05, 3.63) is 66.1 Å². The van der Waals surface area contributed by atoms with Crippen molar-refractivity contribution in [2.75, 3.05) is 33.3 Å². The summed E-state index contributed by atoms with van der Waals surface area (Å²) in [5, 5.41) is 5.29. The largest absolute Gasteiger partial charge is 0.497 e. The van der Waals surface area contributed by atoms with E-state index in [1.165, 1.54) is 5.56 Å². The van der Waals surface area contributed by atoms with Gasteiger partial charge in [-0.1, -0.05) is 12.1 Å². The number of methoxy groups -OCH3 is 1. The number of aromatic nitrogens is 3. The lowest BCUT2D eigenvalue weighted by Crippen LogP contribution is -2.48. The number of rotatable bonds is 6. The van der Waals surface area contributed by atoms with Crippen LogP contribution in [0.5, 0.6) is 5.75 Å². The van der Waals surface area contributed by atoms with Crippen molar-refractivity contribution in [3.8, 4) is 17.2 Å². The first-order valence-corrected chi connectivity index (χ1v) is 11.6. The molecule has 0 saturated carbocycles. The minimum atomic E-state index is 0.00705. The molecule has 0 unspecified atom stereocenters. The van der Waals surface area contributed by atoms with Gasteiger partial charge in [0.25, 0.3) is 5.91 Å². The molecule has 0 bridgehead atoms. The summed E-state index contributed by atoms with van der Waals surface area (Å²) in [5.74, 6) is 1.50. The summed E-state index contributed by atoms with van der Waals surface area (Å²) in [6.07, 6.45) is 3.37. The third-order valence-electron chi connectivity index (χ3n) is 6.28. The number of pyridine rings is 1. The molecule has 1 amide bonds. The van der Waals surface area contributed by atoms with Gasteiger partial charge >= 0.3 is 0 Å². The number of fused-ring (bicyclic) bond motifs is 1. The third-order valence-corrected chi connectivity index (χ3v) is 6.28. The molecule has 4 heterocycles. The zero-order valence-corrected chi connectivity index (χ0v) is 19.8. The number of benzene rings is 1. The van der Waals surface area contributed by atoms with Crippen LogP contribution in [0, 0.1) is 0 Å². The minimum Gasteiger partial charge on any atom is -0.497 e.